The van der Waals surface area contributed by atoms with E-state index in [1.165, 1.54) is 50.1 Å². The van der Waals surface area contributed by atoms with Crippen LogP contribution in [0.3, 0.4) is 0 Å². The SMILES string of the molecule is CC(=O)OCc1c(-c2cc(Nc3ccc(N4CCN(C5COC5)C[C@@H]4C)cn3)c(=O)n(C)c2)cc(F)cc1-n1ncc2c3c(sc2c1=O)CCCC3. The lowest BCUT2D eigenvalue weighted by atomic mass is 9.97. The Hall–Kier alpha value is -4.92. The molecule has 2 saturated heterocycles. The monoisotopic (exact) mass is 725 g/mol. The number of rotatable bonds is 8. The number of nitrogens with zero attached hydrogens (tertiary/aromatic N) is 6. The number of piperazine rings is 1. The van der Waals surface area contributed by atoms with Crippen molar-refractivity contribution in [1.82, 2.24) is 24.2 Å². The molecule has 1 N–H and O–H groups in total. The molecule has 5 aromatic rings. The Bertz CT molecular complexity index is 2300. The summed E-state index contributed by atoms with van der Waals surface area (Å²) in [5.41, 5.74) is 3.05. The number of carbonyl (C=O) groups excluding carboxylic acids is 1. The van der Waals surface area contributed by atoms with Gasteiger partial charge < -0.3 is 24.3 Å². The molecule has 3 aliphatic rings. The fourth-order valence-corrected chi connectivity index (χ4v) is 8.86. The van der Waals surface area contributed by atoms with Gasteiger partial charge in [0.25, 0.3) is 11.1 Å². The van der Waals surface area contributed by atoms with E-state index in [1.807, 2.05) is 12.1 Å². The number of esters is 1. The smallest absolute Gasteiger partial charge is 0.302 e. The molecular formula is C38H40FN7O5S. The summed E-state index contributed by atoms with van der Waals surface area (Å²) < 4.78 is 29.6. The number of benzene rings is 1. The van der Waals surface area contributed by atoms with Crippen molar-refractivity contribution in [2.24, 2.45) is 7.05 Å². The minimum atomic E-state index is -0.618. The minimum Gasteiger partial charge on any atom is -0.461 e. The second-order valence-electron chi connectivity index (χ2n) is 13.9. The van der Waals surface area contributed by atoms with Crippen molar-refractivity contribution in [2.75, 3.05) is 43.1 Å². The van der Waals surface area contributed by atoms with E-state index in [-0.39, 0.29) is 29.1 Å². The van der Waals surface area contributed by atoms with Crippen molar-refractivity contribution in [3.8, 4) is 16.8 Å². The number of carbonyl (C=O) groups is 1. The van der Waals surface area contributed by atoms with Crippen molar-refractivity contribution in [3.05, 3.63) is 91.5 Å². The van der Waals surface area contributed by atoms with E-state index in [1.54, 1.807) is 31.7 Å². The molecule has 1 aromatic carbocycles. The third-order valence-corrected chi connectivity index (χ3v) is 11.7. The molecule has 0 radical (unpaired) electrons. The van der Waals surface area contributed by atoms with E-state index in [4.69, 9.17) is 9.47 Å². The predicted octanol–water partition coefficient (Wildman–Crippen LogP) is 4.94. The number of aromatic nitrogens is 4. The van der Waals surface area contributed by atoms with Crippen molar-refractivity contribution in [2.45, 2.75) is 58.2 Å². The van der Waals surface area contributed by atoms with Gasteiger partial charge in [-0.1, -0.05) is 0 Å². The Kier molecular flexibility index (Phi) is 9.14. The number of thiophene rings is 1. The van der Waals surface area contributed by atoms with Gasteiger partial charge in [0.05, 0.1) is 43.0 Å². The molecule has 0 spiro atoms. The topological polar surface area (TPSA) is 124 Å². The van der Waals surface area contributed by atoms with E-state index in [0.717, 1.165) is 69.6 Å². The van der Waals surface area contributed by atoms with E-state index in [0.29, 0.717) is 39.3 Å². The maximum Gasteiger partial charge on any atom is 0.302 e. The molecule has 8 rings (SSSR count). The van der Waals surface area contributed by atoms with Crippen molar-refractivity contribution in [1.29, 1.82) is 0 Å². The second kappa shape index (κ2) is 13.9. The quantitative estimate of drug-likeness (QED) is 0.220. The molecule has 12 nitrogen and oxygen atoms in total. The van der Waals surface area contributed by atoms with Gasteiger partial charge >= 0.3 is 5.97 Å². The van der Waals surface area contributed by atoms with Crippen molar-refractivity contribution in [3.63, 3.8) is 0 Å². The van der Waals surface area contributed by atoms with E-state index < -0.39 is 11.8 Å². The standard InChI is InChI=1S/C38H40FN7O5S/c1-22-17-44(27-19-50-20-27)10-11-45(22)26-8-9-35(40-15-26)42-32-12-24(18-43(3)37(32)48)29-13-25(39)14-33(31(29)21-51-23(2)47)46-38(49)36-30(16-41-46)28-6-4-5-7-34(28)52-36/h8-9,12-16,18,22,27H,4-7,10-11,17,19-21H2,1-3H3,(H,40,42)/t22-/m0/s1. The first kappa shape index (κ1) is 34.2. The Morgan fingerprint density at radius 1 is 1.10 bits per heavy atom. The number of nitrogens with one attached hydrogen (secondary N) is 1. The lowest BCUT2D eigenvalue weighted by molar-refractivity contribution is -0.142. The highest BCUT2D eigenvalue weighted by Crippen LogP contribution is 2.36. The number of ether oxygens (including phenoxy) is 2. The Morgan fingerprint density at radius 3 is 2.65 bits per heavy atom. The average molecular weight is 726 g/mol. The van der Waals surface area contributed by atoms with Gasteiger partial charge in [-0.2, -0.15) is 9.78 Å². The van der Waals surface area contributed by atoms with Crippen LogP contribution in [-0.4, -0.2) is 75.1 Å². The number of hydrogen-bond donors (Lipinski definition) is 1. The van der Waals surface area contributed by atoms with Crippen LogP contribution in [0, 0.1) is 5.82 Å². The summed E-state index contributed by atoms with van der Waals surface area (Å²) in [6.07, 6.45) is 9.03. The minimum absolute atomic E-state index is 0.159. The molecule has 4 aromatic heterocycles. The molecule has 0 saturated carbocycles. The summed E-state index contributed by atoms with van der Waals surface area (Å²) in [4.78, 5) is 50.0. The molecule has 0 bridgehead atoms. The predicted molar refractivity (Wildman–Crippen MR) is 198 cm³/mol. The molecule has 1 atom stereocenters. The number of fused-ring (bicyclic) bond motifs is 3. The summed E-state index contributed by atoms with van der Waals surface area (Å²) >= 11 is 1.47. The summed E-state index contributed by atoms with van der Waals surface area (Å²) in [6.45, 7) is 7.63. The first-order valence-corrected chi connectivity index (χ1v) is 18.5. The maximum atomic E-state index is 15.6. The molecule has 6 heterocycles. The van der Waals surface area contributed by atoms with Gasteiger partial charge in [0.15, 0.2) is 0 Å². The first-order valence-electron chi connectivity index (χ1n) is 17.7. The highest BCUT2D eigenvalue weighted by Gasteiger charge is 2.32. The van der Waals surface area contributed by atoms with Gasteiger partial charge in [-0.3, -0.25) is 19.3 Å². The Morgan fingerprint density at radius 2 is 1.92 bits per heavy atom. The van der Waals surface area contributed by atoms with Crippen molar-refractivity contribution < 1.29 is 18.7 Å². The lowest BCUT2D eigenvalue weighted by Gasteiger charge is -2.46. The number of halogens is 1. The fourth-order valence-electron chi connectivity index (χ4n) is 7.57. The van der Waals surface area contributed by atoms with Crippen LogP contribution in [0.2, 0.25) is 0 Å². The average Bonchev–Trinajstić information content (AvgIpc) is 3.49. The lowest BCUT2D eigenvalue weighted by Crippen LogP contribution is -2.59. The van der Waals surface area contributed by atoms with Gasteiger partial charge in [0.1, 0.15) is 28.6 Å². The summed E-state index contributed by atoms with van der Waals surface area (Å²) in [5, 5.41) is 8.50. The van der Waals surface area contributed by atoms with E-state index in [2.05, 4.69) is 32.1 Å². The van der Waals surface area contributed by atoms with Crippen LogP contribution in [0.25, 0.3) is 26.9 Å². The highest BCUT2D eigenvalue weighted by molar-refractivity contribution is 7.19. The maximum absolute atomic E-state index is 15.6. The fraction of sp³-hybridized carbons (Fsp3) is 0.395. The first-order chi connectivity index (χ1) is 25.1. The molecule has 0 unspecified atom stereocenters. The number of pyridine rings is 2. The summed E-state index contributed by atoms with van der Waals surface area (Å²) in [6, 6.07) is 8.79. The van der Waals surface area contributed by atoms with Gasteiger partial charge in [-0.25, -0.2) is 9.37 Å². The van der Waals surface area contributed by atoms with E-state index >= 15 is 4.39 Å². The summed E-state index contributed by atoms with van der Waals surface area (Å²) in [5.74, 6) is -0.685. The van der Waals surface area contributed by atoms with E-state index in [9.17, 15) is 14.4 Å². The molecule has 52 heavy (non-hydrogen) atoms. The molecular weight excluding hydrogens is 686 g/mol. The zero-order valence-corrected chi connectivity index (χ0v) is 30.2. The molecule has 2 fully saturated rings. The number of hydrogen-bond acceptors (Lipinski definition) is 11. The van der Waals surface area contributed by atoms with Crippen LogP contribution >= 0.6 is 11.3 Å². The zero-order valence-electron chi connectivity index (χ0n) is 29.4. The number of anilines is 3. The van der Waals surface area contributed by atoms with Gasteiger partial charge in [0, 0.05) is 73.3 Å². The van der Waals surface area contributed by atoms with Crippen LogP contribution in [0.5, 0.6) is 0 Å². The molecule has 270 valence electrons. The molecule has 0 amide bonds. The highest BCUT2D eigenvalue weighted by atomic mass is 32.1. The zero-order chi connectivity index (χ0) is 36.1. The van der Waals surface area contributed by atoms with Crippen LogP contribution in [-0.2, 0) is 40.8 Å². The Balaban J connectivity index is 1.13. The third kappa shape index (κ3) is 6.39. The van der Waals surface area contributed by atoms with Crippen LogP contribution in [0.15, 0.2) is 58.5 Å². The van der Waals surface area contributed by atoms with Crippen LogP contribution in [0.4, 0.5) is 21.6 Å². The van der Waals surface area contributed by atoms with Crippen LogP contribution in [0.1, 0.15) is 42.7 Å². The molecule has 14 heteroatoms. The normalized spacial score (nSPS) is 17.9. The summed E-state index contributed by atoms with van der Waals surface area (Å²) in [7, 11) is 1.61. The van der Waals surface area contributed by atoms with Gasteiger partial charge in [0.2, 0.25) is 0 Å². The molecule has 1 aliphatic carbocycles. The Labute approximate surface area is 303 Å². The molecule has 2 aliphatic heterocycles. The third-order valence-electron chi connectivity index (χ3n) is 10.4. The second-order valence-corrected chi connectivity index (χ2v) is 15.0. The van der Waals surface area contributed by atoms with Crippen molar-refractivity contribution >= 4 is 44.6 Å². The largest absolute Gasteiger partial charge is 0.461 e. The number of aryl methyl sites for hydroxylation is 3. The van der Waals surface area contributed by atoms with Crippen LogP contribution < -0.4 is 21.3 Å². The van der Waals surface area contributed by atoms with Gasteiger partial charge in [-0.15, -0.1) is 11.3 Å². The van der Waals surface area contributed by atoms with Gasteiger partial charge in [-0.05, 0) is 68.0 Å².